The Morgan fingerprint density at radius 2 is 1.91 bits per heavy atom. The molecular weight excluding hydrogens is 523 g/mol. The van der Waals surface area contributed by atoms with Crippen LogP contribution in [0.25, 0.3) is 6.08 Å². The number of hydrogen-bond donors (Lipinski definition) is 1. The molecule has 0 saturated heterocycles. The third-order valence-electron chi connectivity index (χ3n) is 4.91. The van der Waals surface area contributed by atoms with Crippen LogP contribution in [0.5, 0.6) is 5.75 Å². The van der Waals surface area contributed by atoms with Gasteiger partial charge in [0.2, 0.25) is 0 Å². The molecule has 0 heterocycles. The Morgan fingerprint density at radius 3 is 2.58 bits per heavy atom. The van der Waals surface area contributed by atoms with E-state index in [1.165, 1.54) is 6.08 Å². The molecule has 0 spiro atoms. The molecule has 0 bridgehead atoms. The van der Waals surface area contributed by atoms with Gasteiger partial charge in [-0.2, -0.15) is 5.26 Å². The zero-order chi connectivity index (χ0) is 24.0. The second-order valence-corrected chi connectivity index (χ2v) is 8.94. The third-order valence-corrected chi connectivity index (χ3v) is 6.43. The highest BCUT2D eigenvalue weighted by atomic mass is 79.9. The van der Waals surface area contributed by atoms with E-state index in [0.717, 1.165) is 21.2 Å². The minimum Gasteiger partial charge on any atom is -0.494 e. The monoisotopic (exact) mass is 542 g/mol. The van der Waals surface area contributed by atoms with Crippen molar-refractivity contribution in [2.24, 2.45) is 0 Å². The number of anilines is 1. The van der Waals surface area contributed by atoms with Gasteiger partial charge >= 0.3 is 0 Å². The minimum atomic E-state index is -0.538. The number of hydrogen-bond acceptors (Lipinski definition) is 3. The number of ether oxygens (including phenoxy) is 1. The van der Waals surface area contributed by atoms with Crippen LogP contribution in [0.1, 0.15) is 29.2 Å². The lowest BCUT2D eigenvalue weighted by atomic mass is 10.0. The summed E-state index contributed by atoms with van der Waals surface area (Å²) in [5.74, 6) is 0.0683. The van der Waals surface area contributed by atoms with Crippen LogP contribution in [-0.2, 0) is 11.2 Å². The van der Waals surface area contributed by atoms with Crippen molar-refractivity contribution in [3.8, 4) is 11.8 Å². The van der Waals surface area contributed by atoms with Crippen molar-refractivity contribution >= 4 is 56.8 Å². The molecule has 3 aromatic carbocycles. The first-order valence-corrected chi connectivity index (χ1v) is 11.7. The summed E-state index contributed by atoms with van der Waals surface area (Å²) >= 11 is 16.3. The average Bonchev–Trinajstić information content (AvgIpc) is 2.78. The van der Waals surface area contributed by atoms with E-state index in [-0.39, 0.29) is 5.57 Å². The fourth-order valence-corrected chi connectivity index (χ4v) is 4.08. The maximum absolute atomic E-state index is 12.7. The topological polar surface area (TPSA) is 62.1 Å². The zero-order valence-corrected chi connectivity index (χ0v) is 21.2. The van der Waals surface area contributed by atoms with Gasteiger partial charge in [-0.1, -0.05) is 63.4 Å². The number of benzene rings is 3. The number of nitrogens with one attached hydrogen (secondary N) is 1. The summed E-state index contributed by atoms with van der Waals surface area (Å²) in [7, 11) is 0. The first-order chi connectivity index (χ1) is 15.8. The molecule has 33 heavy (non-hydrogen) atoms. The molecule has 0 atom stereocenters. The van der Waals surface area contributed by atoms with E-state index in [4.69, 9.17) is 27.9 Å². The van der Waals surface area contributed by atoms with Gasteiger partial charge in [-0.15, -0.1) is 0 Å². The smallest absolute Gasteiger partial charge is 0.266 e. The molecule has 1 amide bonds. The van der Waals surface area contributed by atoms with Gasteiger partial charge in [0, 0.05) is 32.2 Å². The Balaban J connectivity index is 1.92. The highest BCUT2D eigenvalue weighted by molar-refractivity contribution is 9.10. The fraction of sp³-hybridized carbons (Fsp3) is 0.154. The van der Waals surface area contributed by atoms with Crippen LogP contribution in [-0.4, -0.2) is 12.5 Å². The lowest BCUT2D eigenvalue weighted by Crippen LogP contribution is -2.13. The summed E-state index contributed by atoms with van der Waals surface area (Å²) in [6.45, 7) is 4.21. The molecule has 0 aliphatic heterocycles. The largest absolute Gasteiger partial charge is 0.494 e. The number of carbonyl (C=O) groups is 1. The minimum absolute atomic E-state index is 0.0660. The first kappa shape index (κ1) is 24.9. The zero-order valence-electron chi connectivity index (χ0n) is 18.1. The van der Waals surface area contributed by atoms with Crippen molar-refractivity contribution in [1.82, 2.24) is 0 Å². The Hall–Kier alpha value is -2.78. The van der Waals surface area contributed by atoms with E-state index in [2.05, 4.69) is 21.2 Å². The second kappa shape index (κ2) is 11.4. The Bertz CT molecular complexity index is 1270. The number of nitrogens with zero attached hydrogens (tertiary/aromatic N) is 1. The van der Waals surface area contributed by atoms with E-state index in [9.17, 15) is 10.1 Å². The average molecular weight is 544 g/mol. The summed E-state index contributed by atoms with van der Waals surface area (Å²) in [6, 6.07) is 18.5. The highest BCUT2D eigenvalue weighted by Crippen LogP contribution is 2.33. The second-order valence-electron chi connectivity index (χ2n) is 7.27. The third kappa shape index (κ3) is 6.39. The van der Waals surface area contributed by atoms with Gasteiger partial charge in [0.25, 0.3) is 5.91 Å². The van der Waals surface area contributed by atoms with Crippen LogP contribution in [0.15, 0.2) is 64.6 Å². The molecule has 0 saturated carbocycles. The molecule has 0 radical (unpaired) electrons. The van der Waals surface area contributed by atoms with E-state index < -0.39 is 5.91 Å². The van der Waals surface area contributed by atoms with Crippen molar-refractivity contribution < 1.29 is 9.53 Å². The normalized spacial score (nSPS) is 11.1. The summed E-state index contributed by atoms with van der Waals surface area (Å²) < 4.78 is 6.82. The maximum atomic E-state index is 12.7. The molecule has 3 aromatic rings. The molecule has 0 fully saturated rings. The maximum Gasteiger partial charge on any atom is 0.266 e. The van der Waals surface area contributed by atoms with E-state index in [1.54, 1.807) is 30.3 Å². The van der Waals surface area contributed by atoms with Crippen molar-refractivity contribution in [2.75, 3.05) is 11.9 Å². The van der Waals surface area contributed by atoms with Gasteiger partial charge in [-0.05, 0) is 66.9 Å². The van der Waals surface area contributed by atoms with E-state index in [1.807, 2.05) is 44.2 Å². The van der Waals surface area contributed by atoms with Gasteiger partial charge in [0.05, 0.1) is 6.61 Å². The van der Waals surface area contributed by atoms with Crippen LogP contribution in [0.2, 0.25) is 10.0 Å². The van der Waals surface area contributed by atoms with Crippen molar-refractivity contribution in [1.29, 1.82) is 5.26 Å². The lowest BCUT2D eigenvalue weighted by molar-refractivity contribution is -0.112. The number of aryl methyl sites for hydroxylation is 1. The molecule has 0 unspecified atom stereocenters. The molecule has 0 aliphatic carbocycles. The van der Waals surface area contributed by atoms with E-state index in [0.29, 0.717) is 40.1 Å². The van der Waals surface area contributed by atoms with Crippen molar-refractivity contribution in [3.05, 3.63) is 96.9 Å². The van der Waals surface area contributed by atoms with Crippen LogP contribution in [0, 0.1) is 18.3 Å². The van der Waals surface area contributed by atoms with Gasteiger partial charge in [0.15, 0.2) is 0 Å². The Morgan fingerprint density at radius 1 is 1.15 bits per heavy atom. The Kier molecular flexibility index (Phi) is 8.57. The van der Waals surface area contributed by atoms with Crippen LogP contribution >= 0.6 is 39.1 Å². The molecule has 7 heteroatoms. The van der Waals surface area contributed by atoms with Gasteiger partial charge in [-0.25, -0.2) is 0 Å². The number of halogens is 3. The summed E-state index contributed by atoms with van der Waals surface area (Å²) in [5, 5.41) is 13.3. The molecule has 4 nitrogen and oxygen atoms in total. The van der Waals surface area contributed by atoms with Gasteiger partial charge in [-0.3, -0.25) is 4.79 Å². The number of rotatable bonds is 7. The molecule has 0 aromatic heterocycles. The Labute approximate surface area is 211 Å². The lowest BCUT2D eigenvalue weighted by Gasteiger charge is -2.14. The molecule has 1 N–H and O–H groups in total. The number of carbonyl (C=O) groups excluding carboxylic acids is 1. The van der Waals surface area contributed by atoms with Gasteiger partial charge < -0.3 is 10.1 Å². The summed E-state index contributed by atoms with van der Waals surface area (Å²) in [4.78, 5) is 12.7. The number of amides is 1. The molecular formula is C26H21BrCl2N2O2. The predicted molar refractivity (Wildman–Crippen MR) is 138 cm³/mol. The number of nitriles is 1. The van der Waals surface area contributed by atoms with E-state index >= 15 is 0 Å². The fourth-order valence-electron chi connectivity index (χ4n) is 3.19. The van der Waals surface area contributed by atoms with Crippen molar-refractivity contribution in [2.45, 2.75) is 20.3 Å². The molecule has 168 valence electrons. The molecule has 0 aliphatic rings. The predicted octanol–water partition coefficient (Wildman–Crippen LogP) is 7.60. The quantitative estimate of drug-likeness (QED) is 0.246. The van der Waals surface area contributed by atoms with Crippen LogP contribution in [0.4, 0.5) is 5.69 Å². The van der Waals surface area contributed by atoms with Crippen molar-refractivity contribution in [3.63, 3.8) is 0 Å². The van der Waals surface area contributed by atoms with Crippen LogP contribution in [0.3, 0.4) is 0 Å². The molecule has 3 rings (SSSR count). The standard InChI is InChI=1S/C26H21BrCl2N2O2/c1-3-33-25-12-17(11-24(29)21(25)13-18-6-4-5-7-22(18)27)10-19(15-30)26(32)31-20-9-8-16(2)23(28)14-20/h4-12,14H,3,13H2,1-2H3,(H,31,32)/b19-10+. The summed E-state index contributed by atoms with van der Waals surface area (Å²) in [6.07, 6.45) is 2.06. The first-order valence-electron chi connectivity index (χ1n) is 10.2. The van der Waals surface area contributed by atoms with Crippen LogP contribution < -0.4 is 10.1 Å². The SMILES string of the molecule is CCOc1cc(/C=C(\C#N)C(=O)Nc2ccc(C)c(Cl)c2)cc(Cl)c1Cc1ccccc1Br. The highest BCUT2D eigenvalue weighted by Gasteiger charge is 2.15. The van der Waals surface area contributed by atoms with Gasteiger partial charge in [0.1, 0.15) is 17.4 Å². The summed E-state index contributed by atoms with van der Waals surface area (Å²) in [5.41, 5.74) is 3.83.